The minimum Gasteiger partial charge on any atom is -0.478 e. The highest BCUT2D eigenvalue weighted by Crippen LogP contribution is 2.30. The Morgan fingerprint density at radius 2 is 1.94 bits per heavy atom. The molecule has 0 saturated carbocycles. The Kier molecular flexibility index (Phi) is 3.13. The normalized spacial score (nSPS) is 11.1. The molecule has 0 unspecified atom stereocenters. The first-order chi connectivity index (χ1) is 8.47. The van der Waals surface area contributed by atoms with Gasteiger partial charge in [-0.15, -0.1) is 0 Å². The van der Waals surface area contributed by atoms with Crippen LogP contribution in [0.25, 0.3) is 10.9 Å². The summed E-state index contributed by atoms with van der Waals surface area (Å²) in [6.45, 7) is 6.30. The van der Waals surface area contributed by atoms with Gasteiger partial charge in [0.1, 0.15) is 0 Å². The smallest absolute Gasteiger partial charge is 0.335 e. The number of aliphatic hydroxyl groups is 1. The van der Waals surface area contributed by atoms with E-state index in [1.54, 1.807) is 6.07 Å². The van der Waals surface area contributed by atoms with Crippen molar-refractivity contribution < 1.29 is 15.0 Å². The number of fused-ring (bicyclic) bond motifs is 1. The van der Waals surface area contributed by atoms with Crippen molar-refractivity contribution in [3.05, 3.63) is 34.5 Å². The summed E-state index contributed by atoms with van der Waals surface area (Å²) >= 11 is 0. The number of hydrogen-bond acceptors (Lipinski definition) is 2. The molecule has 0 aliphatic rings. The third kappa shape index (κ3) is 1.78. The molecule has 0 aliphatic heterocycles. The summed E-state index contributed by atoms with van der Waals surface area (Å²) in [7, 11) is 0. The van der Waals surface area contributed by atoms with E-state index in [-0.39, 0.29) is 6.61 Å². The van der Waals surface area contributed by atoms with Gasteiger partial charge in [0.15, 0.2) is 0 Å². The van der Waals surface area contributed by atoms with Gasteiger partial charge in [-0.25, -0.2) is 4.79 Å². The first-order valence-corrected chi connectivity index (χ1v) is 5.91. The van der Waals surface area contributed by atoms with Gasteiger partial charge in [-0.05, 0) is 43.5 Å². The van der Waals surface area contributed by atoms with Crippen LogP contribution in [0.15, 0.2) is 12.3 Å². The van der Waals surface area contributed by atoms with Crippen LogP contribution in [0.4, 0.5) is 0 Å². The molecule has 4 nitrogen and oxygen atoms in total. The van der Waals surface area contributed by atoms with Crippen LogP contribution in [0.3, 0.4) is 0 Å². The van der Waals surface area contributed by atoms with E-state index in [4.69, 9.17) is 5.11 Å². The van der Waals surface area contributed by atoms with Crippen molar-refractivity contribution >= 4 is 16.9 Å². The molecule has 0 amide bonds. The summed E-state index contributed by atoms with van der Waals surface area (Å²) in [5.41, 5.74) is 4.13. The van der Waals surface area contributed by atoms with Gasteiger partial charge in [0.25, 0.3) is 0 Å². The molecule has 0 spiro atoms. The van der Waals surface area contributed by atoms with Crippen LogP contribution in [0, 0.1) is 20.8 Å². The van der Waals surface area contributed by atoms with Crippen LogP contribution in [0.1, 0.15) is 27.0 Å². The van der Waals surface area contributed by atoms with Crippen LogP contribution in [-0.2, 0) is 6.54 Å². The predicted octanol–water partition coefficient (Wildman–Crippen LogP) is 2.26. The highest BCUT2D eigenvalue weighted by Gasteiger charge is 2.16. The molecule has 96 valence electrons. The van der Waals surface area contributed by atoms with Gasteiger partial charge in [0.2, 0.25) is 0 Å². The van der Waals surface area contributed by atoms with Gasteiger partial charge in [-0.2, -0.15) is 0 Å². The zero-order chi connectivity index (χ0) is 13.4. The predicted molar refractivity (Wildman–Crippen MR) is 70.2 cm³/mol. The van der Waals surface area contributed by atoms with E-state index in [9.17, 15) is 9.90 Å². The van der Waals surface area contributed by atoms with Crippen molar-refractivity contribution in [2.75, 3.05) is 6.61 Å². The Labute approximate surface area is 105 Å². The lowest BCUT2D eigenvalue weighted by atomic mass is 9.98. The third-order valence-corrected chi connectivity index (χ3v) is 3.35. The third-order valence-electron chi connectivity index (χ3n) is 3.35. The average molecular weight is 247 g/mol. The number of carboxylic acids is 1. The van der Waals surface area contributed by atoms with E-state index in [0.717, 1.165) is 27.6 Å². The second-order valence-corrected chi connectivity index (χ2v) is 4.62. The monoisotopic (exact) mass is 247 g/mol. The molecular weight excluding hydrogens is 230 g/mol. The number of aromatic nitrogens is 1. The molecule has 1 aromatic carbocycles. The molecule has 0 saturated heterocycles. The van der Waals surface area contributed by atoms with Crippen LogP contribution in [0.5, 0.6) is 0 Å². The highest BCUT2D eigenvalue weighted by molar-refractivity contribution is 5.99. The Morgan fingerprint density at radius 3 is 2.50 bits per heavy atom. The van der Waals surface area contributed by atoms with Crippen molar-refractivity contribution in [1.29, 1.82) is 0 Å². The summed E-state index contributed by atoms with van der Waals surface area (Å²) in [6, 6.07) is 1.70. The number of aliphatic hydroxyl groups excluding tert-OH is 1. The largest absolute Gasteiger partial charge is 0.478 e. The molecule has 2 aromatic rings. The van der Waals surface area contributed by atoms with Crippen molar-refractivity contribution in [3.8, 4) is 0 Å². The maximum Gasteiger partial charge on any atom is 0.335 e. The molecule has 4 heteroatoms. The summed E-state index contributed by atoms with van der Waals surface area (Å²) in [4.78, 5) is 11.2. The number of nitrogens with zero attached hydrogens (tertiary/aromatic N) is 1. The molecule has 0 atom stereocenters. The number of carbonyl (C=O) groups is 1. The second kappa shape index (κ2) is 4.46. The van der Waals surface area contributed by atoms with E-state index in [1.165, 1.54) is 0 Å². The number of benzene rings is 1. The first-order valence-electron chi connectivity index (χ1n) is 5.91. The van der Waals surface area contributed by atoms with Crippen molar-refractivity contribution in [2.45, 2.75) is 27.3 Å². The molecule has 1 heterocycles. The van der Waals surface area contributed by atoms with E-state index in [2.05, 4.69) is 0 Å². The summed E-state index contributed by atoms with van der Waals surface area (Å²) in [5.74, 6) is -0.896. The lowest BCUT2D eigenvalue weighted by Crippen LogP contribution is -2.04. The van der Waals surface area contributed by atoms with Crippen LogP contribution < -0.4 is 0 Å². The van der Waals surface area contributed by atoms with Gasteiger partial charge in [0.05, 0.1) is 17.7 Å². The zero-order valence-corrected chi connectivity index (χ0v) is 10.8. The molecule has 2 rings (SSSR count). The lowest BCUT2D eigenvalue weighted by molar-refractivity contribution is 0.0696. The first kappa shape index (κ1) is 12.6. The van der Waals surface area contributed by atoms with E-state index in [0.29, 0.717) is 12.1 Å². The summed E-state index contributed by atoms with van der Waals surface area (Å²) < 4.78 is 1.98. The van der Waals surface area contributed by atoms with Gasteiger partial charge in [0, 0.05) is 18.1 Å². The quantitative estimate of drug-likeness (QED) is 0.874. The summed E-state index contributed by atoms with van der Waals surface area (Å²) in [5, 5.41) is 19.3. The lowest BCUT2D eigenvalue weighted by Gasteiger charge is -2.10. The number of aryl methyl sites for hydroxylation is 3. The molecule has 18 heavy (non-hydrogen) atoms. The SMILES string of the molecule is Cc1cn(CCO)c2c(C)cc(C(=O)O)c(C)c12. The fourth-order valence-corrected chi connectivity index (χ4v) is 2.62. The van der Waals surface area contributed by atoms with Crippen molar-refractivity contribution in [2.24, 2.45) is 0 Å². The molecule has 0 fully saturated rings. The average Bonchev–Trinajstić information content (AvgIpc) is 2.61. The highest BCUT2D eigenvalue weighted by atomic mass is 16.4. The van der Waals surface area contributed by atoms with Crippen LogP contribution >= 0.6 is 0 Å². The molecule has 0 bridgehead atoms. The zero-order valence-electron chi connectivity index (χ0n) is 10.8. The fourth-order valence-electron chi connectivity index (χ4n) is 2.62. The Balaban J connectivity index is 2.85. The van der Waals surface area contributed by atoms with Crippen LogP contribution in [0.2, 0.25) is 0 Å². The van der Waals surface area contributed by atoms with Gasteiger partial charge in [-0.3, -0.25) is 0 Å². The number of hydrogen-bond donors (Lipinski definition) is 2. The number of aromatic carboxylic acids is 1. The molecule has 0 aliphatic carbocycles. The molecule has 1 aromatic heterocycles. The molecule has 2 N–H and O–H groups in total. The number of carboxylic acid groups (broad SMARTS) is 1. The maximum absolute atomic E-state index is 11.2. The maximum atomic E-state index is 11.2. The second-order valence-electron chi connectivity index (χ2n) is 4.62. The van der Waals surface area contributed by atoms with Crippen molar-refractivity contribution in [1.82, 2.24) is 4.57 Å². The van der Waals surface area contributed by atoms with Crippen molar-refractivity contribution in [3.63, 3.8) is 0 Å². The minimum atomic E-state index is -0.896. The minimum absolute atomic E-state index is 0.0718. The Morgan fingerprint density at radius 1 is 1.28 bits per heavy atom. The Bertz CT molecular complexity index is 626. The van der Waals surface area contributed by atoms with Gasteiger partial charge >= 0.3 is 5.97 Å². The number of rotatable bonds is 3. The van der Waals surface area contributed by atoms with E-state index < -0.39 is 5.97 Å². The standard InChI is InChI=1S/C14H17NO3/c1-8-6-11(14(17)18)10(3)12-9(2)7-15(4-5-16)13(8)12/h6-7,16H,4-5H2,1-3H3,(H,17,18). The van der Waals surface area contributed by atoms with E-state index >= 15 is 0 Å². The summed E-state index contributed by atoms with van der Waals surface area (Å²) in [6.07, 6.45) is 1.96. The fraction of sp³-hybridized carbons (Fsp3) is 0.357. The van der Waals surface area contributed by atoms with E-state index in [1.807, 2.05) is 31.5 Å². The molecular formula is C14H17NO3. The molecule has 0 radical (unpaired) electrons. The Hall–Kier alpha value is -1.81. The topological polar surface area (TPSA) is 62.5 Å². The van der Waals surface area contributed by atoms with Gasteiger partial charge < -0.3 is 14.8 Å². The van der Waals surface area contributed by atoms with Crippen LogP contribution in [-0.4, -0.2) is 27.4 Å². The van der Waals surface area contributed by atoms with Gasteiger partial charge in [-0.1, -0.05) is 0 Å².